The van der Waals surface area contributed by atoms with Crippen molar-refractivity contribution in [3.63, 3.8) is 0 Å². The molecule has 2 aromatic carbocycles. The Morgan fingerprint density at radius 3 is 2.51 bits per heavy atom. The number of esters is 1. The molecule has 1 aliphatic carbocycles. The number of anilines is 2. The van der Waals surface area contributed by atoms with Gasteiger partial charge in [-0.1, -0.05) is 13.0 Å². The highest BCUT2D eigenvalue weighted by Crippen LogP contribution is 2.40. The number of ether oxygens (including phenoxy) is 1. The molecule has 0 radical (unpaired) electrons. The van der Waals surface area contributed by atoms with Crippen molar-refractivity contribution >= 4 is 63.5 Å². The Hall–Kier alpha value is -4.16. The van der Waals surface area contributed by atoms with Crippen molar-refractivity contribution in [1.29, 1.82) is 0 Å². The topological polar surface area (TPSA) is 159 Å². The number of hydrogen-bond donors (Lipinski definition) is 4. The highest BCUT2D eigenvalue weighted by atomic mass is 32.2. The van der Waals surface area contributed by atoms with Crippen molar-refractivity contribution in [2.45, 2.75) is 38.0 Å². The molecule has 12 heteroatoms. The van der Waals surface area contributed by atoms with E-state index in [0.717, 1.165) is 47.9 Å². The minimum absolute atomic E-state index is 0.0401. The summed E-state index contributed by atoms with van der Waals surface area (Å²) in [7, 11) is 0. The molecule has 2 amide bonds. The Kier molecular flexibility index (Phi) is 9.46. The van der Waals surface area contributed by atoms with Crippen LogP contribution < -0.4 is 10.6 Å². The molecule has 1 atom stereocenters. The van der Waals surface area contributed by atoms with Gasteiger partial charge in [-0.15, -0.1) is 23.1 Å². The van der Waals surface area contributed by atoms with Crippen LogP contribution in [0.15, 0.2) is 47.4 Å². The second-order valence-corrected chi connectivity index (χ2v) is 11.6. The average Bonchev–Trinajstić information content (AvgIpc) is 3.28. The predicted molar refractivity (Wildman–Crippen MR) is 156 cm³/mol. The van der Waals surface area contributed by atoms with E-state index in [9.17, 15) is 29.1 Å². The van der Waals surface area contributed by atoms with E-state index < -0.39 is 29.4 Å². The molecule has 41 heavy (non-hydrogen) atoms. The molecule has 0 saturated carbocycles. The first-order valence-electron chi connectivity index (χ1n) is 12.8. The van der Waals surface area contributed by atoms with Gasteiger partial charge in [0.1, 0.15) is 5.00 Å². The molecule has 0 fully saturated rings. The van der Waals surface area contributed by atoms with Crippen LogP contribution in [0, 0.1) is 5.92 Å². The second kappa shape index (κ2) is 13.0. The number of thioether (sulfide) groups is 1. The van der Waals surface area contributed by atoms with Gasteiger partial charge in [0, 0.05) is 15.5 Å². The van der Waals surface area contributed by atoms with Crippen LogP contribution in [0.1, 0.15) is 72.1 Å². The molecule has 1 aliphatic rings. The number of carbonyl (C=O) groups excluding carboxylic acids is 3. The quantitative estimate of drug-likeness (QED) is 0.177. The van der Waals surface area contributed by atoms with Gasteiger partial charge in [0.25, 0.3) is 5.91 Å². The molecule has 1 aromatic heterocycles. The highest BCUT2D eigenvalue weighted by molar-refractivity contribution is 8.00. The van der Waals surface area contributed by atoms with E-state index in [2.05, 4.69) is 17.6 Å². The molecule has 4 rings (SSSR count). The number of thiophene rings is 1. The molecule has 1 heterocycles. The van der Waals surface area contributed by atoms with Crippen molar-refractivity contribution in [2.24, 2.45) is 5.92 Å². The maximum absolute atomic E-state index is 12.9. The van der Waals surface area contributed by atoms with Crippen LogP contribution in [0.2, 0.25) is 0 Å². The van der Waals surface area contributed by atoms with Crippen LogP contribution in [0.4, 0.5) is 10.7 Å². The van der Waals surface area contributed by atoms with Crippen LogP contribution in [0.3, 0.4) is 0 Å². The molecule has 0 bridgehead atoms. The number of aromatic carboxylic acids is 2. The lowest BCUT2D eigenvalue weighted by atomic mass is 9.88. The number of benzene rings is 2. The Morgan fingerprint density at radius 1 is 1.02 bits per heavy atom. The van der Waals surface area contributed by atoms with Crippen molar-refractivity contribution in [1.82, 2.24) is 0 Å². The molecule has 3 aromatic rings. The summed E-state index contributed by atoms with van der Waals surface area (Å²) in [5.41, 5.74) is 0.897. The van der Waals surface area contributed by atoms with Gasteiger partial charge in [0.2, 0.25) is 5.91 Å². The van der Waals surface area contributed by atoms with Gasteiger partial charge in [-0.05, 0) is 74.1 Å². The standard InChI is InChI=1S/C29H28N2O8S2/c1-3-39-29(38)24-20-9-7-15(2)11-22(20)41-26(24)31-23(32)14-40-18-6-4-5-17(13-18)30-25(33)19-10-8-16(27(34)35)12-21(19)28(36)37/h4-6,8,10,12-13,15H,3,7,9,11,14H2,1-2H3,(H,30,33)(H,31,32)(H,34,35)(H,36,37). The van der Waals surface area contributed by atoms with Crippen molar-refractivity contribution in [2.75, 3.05) is 23.0 Å². The van der Waals surface area contributed by atoms with E-state index in [-0.39, 0.29) is 29.4 Å². The third-order valence-corrected chi connectivity index (χ3v) is 8.61. The third-order valence-electron chi connectivity index (χ3n) is 6.45. The van der Waals surface area contributed by atoms with Crippen molar-refractivity contribution in [3.05, 3.63) is 75.2 Å². The molecule has 1 unspecified atom stereocenters. The van der Waals surface area contributed by atoms with Gasteiger partial charge >= 0.3 is 17.9 Å². The first-order valence-corrected chi connectivity index (χ1v) is 14.6. The molecule has 0 saturated heterocycles. The van der Waals surface area contributed by atoms with Gasteiger partial charge in [-0.3, -0.25) is 9.59 Å². The summed E-state index contributed by atoms with van der Waals surface area (Å²) in [6.07, 6.45) is 2.59. The first kappa shape index (κ1) is 29.8. The van der Waals surface area contributed by atoms with Crippen LogP contribution in [-0.2, 0) is 22.4 Å². The van der Waals surface area contributed by atoms with E-state index in [1.54, 1.807) is 31.2 Å². The van der Waals surface area contributed by atoms with Gasteiger partial charge in [0.05, 0.1) is 34.6 Å². The fourth-order valence-corrected chi connectivity index (χ4v) is 6.65. The average molecular weight is 597 g/mol. The fraction of sp³-hybridized carbons (Fsp3) is 0.276. The van der Waals surface area contributed by atoms with Crippen molar-refractivity contribution in [3.8, 4) is 0 Å². The predicted octanol–water partition coefficient (Wildman–Crippen LogP) is 5.43. The number of nitrogens with one attached hydrogen (secondary N) is 2. The fourth-order valence-electron chi connectivity index (χ4n) is 4.48. The lowest BCUT2D eigenvalue weighted by Crippen LogP contribution is -2.18. The Morgan fingerprint density at radius 2 is 1.80 bits per heavy atom. The molecule has 214 valence electrons. The van der Waals surface area contributed by atoms with Gasteiger partial charge in [-0.2, -0.15) is 0 Å². The molecule has 4 N–H and O–H groups in total. The zero-order valence-corrected chi connectivity index (χ0v) is 23.9. The van der Waals surface area contributed by atoms with Gasteiger partial charge < -0.3 is 25.6 Å². The maximum atomic E-state index is 12.9. The van der Waals surface area contributed by atoms with Gasteiger partial charge in [0.15, 0.2) is 0 Å². The largest absolute Gasteiger partial charge is 0.478 e. The molecule has 0 spiro atoms. The van der Waals surface area contributed by atoms with Crippen LogP contribution >= 0.6 is 23.1 Å². The first-order chi connectivity index (χ1) is 19.6. The van der Waals surface area contributed by atoms with E-state index in [1.807, 2.05) is 0 Å². The minimum atomic E-state index is -1.43. The van der Waals surface area contributed by atoms with Crippen molar-refractivity contribution < 1.29 is 38.9 Å². The number of carboxylic acids is 2. The number of amides is 2. The Balaban J connectivity index is 1.43. The summed E-state index contributed by atoms with van der Waals surface area (Å²) in [5, 5.41) is 24.6. The summed E-state index contributed by atoms with van der Waals surface area (Å²) in [6, 6.07) is 9.92. The zero-order chi connectivity index (χ0) is 29.7. The van der Waals surface area contributed by atoms with E-state index in [1.165, 1.54) is 23.1 Å². The van der Waals surface area contributed by atoms with E-state index in [0.29, 0.717) is 27.1 Å². The van der Waals surface area contributed by atoms with Crippen LogP contribution in [0.25, 0.3) is 0 Å². The lowest BCUT2D eigenvalue weighted by molar-refractivity contribution is -0.113. The SMILES string of the molecule is CCOC(=O)c1c(NC(=O)CSc2cccc(NC(=O)c3ccc(C(=O)O)cc3C(=O)O)c2)sc2c1CCC(C)C2. The summed E-state index contributed by atoms with van der Waals surface area (Å²) in [6.45, 7) is 4.14. The van der Waals surface area contributed by atoms with E-state index >= 15 is 0 Å². The third kappa shape index (κ3) is 7.14. The number of rotatable bonds is 10. The van der Waals surface area contributed by atoms with Gasteiger partial charge in [-0.25, -0.2) is 14.4 Å². The second-order valence-electron chi connectivity index (χ2n) is 9.47. The monoisotopic (exact) mass is 596 g/mol. The summed E-state index contributed by atoms with van der Waals surface area (Å²) in [4.78, 5) is 63.0. The molecular weight excluding hydrogens is 568 g/mol. The summed E-state index contributed by atoms with van der Waals surface area (Å²) >= 11 is 2.64. The molecule has 10 nitrogen and oxygen atoms in total. The molecular formula is C29H28N2O8S2. The minimum Gasteiger partial charge on any atom is -0.478 e. The molecule has 0 aliphatic heterocycles. The Bertz CT molecular complexity index is 1530. The summed E-state index contributed by atoms with van der Waals surface area (Å²) in [5.74, 6) is -3.65. The lowest BCUT2D eigenvalue weighted by Gasteiger charge is -2.18. The number of fused-ring (bicyclic) bond motifs is 1. The highest BCUT2D eigenvalue weighted by Gasteiger charge is 2.29. The van der Waals surface area contributed by atoms with Crippen LogP contribution in [-0.4, -0.2) is 52.3 Å². The Labute approximate surface area is 244 Å². The number of hydrogen-bond acceptors (Lipinski definition) is 8. The van der Waals surface area contributed by atoms with E-state index in [4.69, 9.17) is 9.84 Å². The number of carbonyl (C=O) groups is 5. The summed E-state index contributed by atoms with van der Waals surface area (Å²) < 4.78 is 5.26. The zero-order valence-electron chi connectivity index (χ0n) is 22.3. The smallest absolute Gasteiger partial charge is 0.341 e. The number of carboxylic acid groups (broad SMARTS) is 2. The normalized spacial score (nSPS) is 14.0. The maximum Gasteiger partial charge on any atom is 0.341 e. The van der Waals surface area contributed by atoms with Crippen LogP contribution in [0.5, 0.6) is 0 Å².